The predicted molar refractivity (Wildman–Crippen MR) is 85.9 cm³/mol. The van der Waals surface area contributed by atoms with Crippen LogP contribution in [0, 0.1) is 0 Å². The van der Waals surface area contributed by atoms with Gasteiger partial charge in [-0.25, -0.2) is 4.98 Å². The van der Waals surface area contributed by atoms with Crippen molar-refractivity contribution in [3.05, 3.63) is 44.9 Å². The number of anilines is 1. The van der Waals surface area contributed by atoms with Crippen molar-refractivity contribution in [1.29, 1.82) is 0 Å². The summed E-state index contributed by atoms with van der Waals surface area (Å²) in [7, 11) is 0. The Morgan fingerprint density at radius 1 is 1.38 bits per heavy atom. The fourth-order valence-corrected chi connectivity index (χ4v) is 2.98. The normalized spacial score (nSPS) is 14.2. The molecule has 2 aromatic rings. The van der Waals surface area contributed by atoms with E-state index < -0.39 is 0 Å². The summed E-state index contributed by atoms with van der Waals surface area (Å²) >= 11 is 13.2. The van der Waals surface area contributed by atoms with E-state index in [-0.39, 0.29) is 11.9 Å². The summed E-state index contributed by atoms with van der Waals surface area (Å²) < 4.78 is 0. The number of halogens is 2. The molecule has 0 atom stereocenters. The number of aromatic nitrogens is 1. The van der Waals surface area contributed by atoms with Crippen LogP contribution in [0.3, 0.4) is 0 Å². The van der Waals surface area contributed by atoms with Crippen LogP contribution in [0.2, 0.25) is 10.0 Å². The largest absolute Gasteiger partial charge is 0.375 e. The van der Waals surface area contributed by atoms with Crippen molar-refractivity contribution in [1.82, 2.24) is 9.88 Å². The average molecular weight is 342 g/mol. The highest BCUT2D eigenvalue weighted by atomic mass is 35.5. The van der Waals surface area contributed by atoms with Gasteiger partial charge in [0, 0.05) is 18.0 Å². The SMILES string of the molecule is Nc1nc(C(=O)N(Cc2ccc(Cl)c(Cl)c2)C2CC2)cs1. The Hall–Kier alpha value is -1.30. The molecule has 0 unspecified atom stereocenters. The number of thiazole rings is 1. The van der Waals surface area contributed by atoms with Crippen LogP contribution in [0.1, 0.15) is 28.9 Å². The summed E-state index contributed by atoms with van der Waals surface area (Å²) in [6.07, 6.45) is 2.04. The maximum Gasteiger partial charge on any atom is 0.273 e. The average Bonchev–Trinajstić information content (AvgIpc) is 3.20. The van der Waals surface area contributed by atoms with Gasteiger partial charge in [-0.05, 0) is 30.5 Å². The lowest BCUT2D eigenvalue weighted by Crippen LogP contribution is -2.32. The topological polar surface area (TPSA) is 59.2 Å². The molecule has 0 spiro atoms. The number of nitrogens with two attached hydrogens (primary N) is 1. The van der Waals surface area contributed by atoms with Gasteiger partial charge >= 0.3 is 0 Å². The molecular weight excluding hydrogens is 329 g/mol. The van der Waals surface area contributed by atoms with Crippen LogP contribution in [-0.4, -0.2) is 21.8 Å². The third-order valence-corrected chi connectivity index (χ3v) is 4.74. The number of hydrogen-bond acceptors (Lipinski definition) is 4. The first-order valence-corrected chi connectivity index (χ1v) is 8.14. The third kappa shape index (κ3) is 3.31. The van der Waals surface area contributed by atoms with Crippen LogP contribution >= 0.6 is 34.5 Å². The van der Waals surface area contributed by atoms with E-state index in [1.807, 2.05) is 11.0 Å². The zero-order chi connectivity index (χ0) is 15.0. The number of carbonyl (C=O) groups is 1. The van der Waals surface area contributed by atoms with E-state index in [0.717, 1.165) is 18.4 Å². The molecule has 1 aromatic heterocycles. The minimum atomic E-state index is -0.0866. The third-order valence-electron chi connectivity index (χ3n) is 3.33. The van der Waals surface area contributed by atoms with E-state index in [9.17, 15) is 4.79 Å². The summed E-state index contributed by atoms with van der Waals surface area (Å²) in [5, 5.41) is 3.11. The van der Waals surface area contributed by atoms with E-state index in [1.54, 1.807) is 17.5 Å². The van der Waals surface area contributed by atoms with E-state index >= 15 is 0 Å². The molecule has 1 amide bonds. The molecular formula is C14H13Cl2N3OS. The van der Waals surface area contributed by atoms with Crippen LogP contribution in [0.5, 0.6) is 0 Å². The van der Waals surface area contributed by atoms with E-state index in [2.05, 4.69) is 4.98 Å². The minimum Gasteiger partial charge on any atom is -0.375 e. The molecule has 4 nitrogen and oxygen atoms in total. The maximum absolute atomic E-state index is 12.6. The standard InChI is InChI=1S/C14H13Cl2N3OS/c15-10-4-1-8(5-11(10)16)6-19(9-2-3-9)13(20)12-7-21-14(17)18-12/h1,4-5,7,9H,2-3,6H2,(H2,17,18). The second-order valence-electron chi connectivity index (χ2n) is 4.98. The van der Waals surface area contributed by atoms with Crippen molar-refractivity contribution in [3.63, 3.8) is 0 Å². The molecule has 3 rings (SSSR count). The highest BCUT2D eigenvalue weighted by Gasteiger charge is 2.34. The van der Waals surface area contributed by atoms with Gasteiger partial charge < -0.3 is 10.6 Å². The van der Waals surface area contributed by atoms with Gasteiger partial charge in [-0.3, -0.25) is 4.79 Å². The fourth-order valence-electron chi connectivity index (χ4n) is 2.12. The molecule has 7 heteroatoms. The molecule has 0 aliphatic heterocycles. The summed E-state index contributed by atoms with van der Waals surface area (Å²) in [6.45, 7) is 0.498. The number of nitrogen functional groups attached to an aromatic ring is 1. The predicted octanol–water partition coefficient (Wildman–Crippen LogP) is 3.84. The second-order valence-corrected chi connectivity index (χ2v) is 6.69. The molecule has 0 saturated heterocycles. The lowest BCUT2D eigenvalue weighted by molar-refractivity contribution is 0.0725. The van der Waals surface area contributed by atoms with Gasteiger partial charge in [0.1, 0.15) is 5.69 Å². The zero-order valence-electron chi connectivity index (χ0n) is 11.1. The van der Waals surface area contributed by atoms with Gasteiger partial charge in [-0.2, -0.15) is 0 Å². The summed E-state index contributed by atoms with van der Waals surface area (Å²) in [6, 6.07) is 5.69. The van der Waals surface area contributed by atoms with Crippen molar-refractivity contribution in [2.45, 2.75) is 25.4 Å². The monoisotopic (exact) mass is 341 g/mol. The molecule has 1 saturated carbocycles. The number of benzene rings is 1. The first kappa shape index (κ1) is 14.6. The summed E-state index contributed by atoms with van der Waals surface area (Å²) in [5.74, 6) is -0.0866. The highest BCUT2D eigenvalue weighted by Crippen LogP contribution is 2.31. The second kappa shape index (κ2) is 5.83. The molecule has 110 valence electrons. The summed E-state index contributed by atoms with van der Waals surface area (Å²) in [5.41, 5.74) is 6.96. The molecule has 0 radical (unpaired) electrons. The molecule has 0 bridgehead atoms. The van der Waals surface area contributed by atoms with Gasteiger partial charge in [-0.15, -0.1) is 11.3 Å². The van der Waals surface area contributed by atoms with Crippen LogP contribution in [0.25, 0.3) is 0 Å². The maximum atomic E-state index is 12.6. The fraction of sp³-hybridized carbons (Fsp3) is 0.286. The van der Waals surface area contributed by atoms with Gasteiger partial charge in [0.05, 0.1) is 10.0 Å². The molecule has 21 heavy (non-hydrogen) atoms. The van der Waals surface area contributed by atoms with Crippen LogP contribution in [0.15, 0.2) is 23.6 Å². The van der Waals surface area contributed by atoms with E-state index in [1.165, 1.54) is 11.3 Å². The van der Waals surface area contributed by atoms with E-state index in [0.29, 0.717) is 27.4 Å². The highest BCUT2D eigenvalue weighted by molar-refractivity contribution is 7.13. The summed E-state index contributed by atoms with van der Waals surface area (Å²) in [4.78, 5) is 18.5. The molecule has 1 aromatic carbocycles. The molecule has 1 fully saturated rings. The van der Waals surface area contributed by atoms with Crippen LogP contribution < -0.4 is 5.73 Å². The lowest BCUT2D eigenvalue weighted by atomic mass is 10.2. The Labute approximate surface area is 136 Å². The van der Waals surface area contributed by atoms with Crippen LogP contribution in [-0.2, 0) is 6.54 Å². The van der Waals surface area contributed by atoms with Gasteiger partial charge in [0.15, 0.2) is 5.13 Å². The first-order chi connectivity index (χ1) is 10.0. The van der Waals surface area contributed by atoms with Gasteiger partial charge in [-0.1, -0.05) is 29.3 Å². The van der Waals surface area contributed by atoms with Crippen LogP contribution in [0.4, 0.5) is 5.13 Å². The van der Waals surface area contributed by atoms with Gasteiger partial charge in [0.2, 0.25) is 0 Å². The number of hydrogen-bond donors (Lipinski definition) is 1. The number of rotatable bonds is 4. The quantitative estimate of drug-likeness (QED) is 0.918. The molecule has 1 aliphatic rings. The van der Waals surface area contributed by atoms with Gasteiger partial charge in [0.25, 0.3) is 5.91 Å². The zero-order valence-corrected chi connectivity index (χ0v) is 13.4. The minimum absolute atomic E-state index is 0.0866. The lowest BCUT2D eigenvalue weighted by Gasteiger charge is -2.21. The number of amides is 1. The van der Waals surface area contributed by atoms with Crippen molar-refractivity contribution < 1.29 is 4.79 Å². The molecule has 1 heterocycles. The first-order valence-electron chi connectivity index (χ1n) is 6.50. The Balaban J connectivity index is 1.81. The van der Waals surface area contributed by atoms with Crippen molar-refractivity contribution in [2.24, 2.45) is 0 Å². The number of carbonyl (C=O) groups excluding carboxylic acids is 1. The Morgan fingerprint density at radius 3 is 2.71 bits per heavy atom. The smallest absolute Gasteiger partial charge is 0.273 e. The molecule has 2 N–H and O–H groups in total. The Bertz CT molecular complexity index is 685. The molecule has 1 aliphatic carbocycles. The Kier molecular flexibility index (Phi) is 4.06. The van der Waals surface area contributed by atoms with E-state index in [4.69, 9.17) is 28.9 Å². The van der Waals surface area contributed by atoms with Crippen molar-refractivity contribution in [2.75, 3.05) is 5.73 Å². The Morgan fingerprint density at radius 2 is 2.14 bits per heavy atom. The van der Waals surface area contributed by atoms with Crippen molar-refractivity contribution in [3.8, 4) is 0 Å². The number of nitrogens with zero attached hydrogens (tertiary/aromatic N) is 2. The van der Waals surface area contributed by atoms with Crippen molar-refractivity contribution >= 4 is 45.6 Å².